The highest BCUT2D eigenvalue weighted by Gasteiger charge is 2.22. The van der Waals surface area contributed by atoms with Crippen LogP contribution in [0.15, 0.2) is 22.7 Å². The summed E-state index contributed by atoms with van der Waals surface area (Å²) in [6.45, 7) is 14.3. The van der Waals surface area contributed by atoms with Gasteiger partial charge in [-0.25, -0.2) is 4.79 Å². The summed E-state index contributed by atoms with van der Waals surface area (Å²) in [6.07, 6.45) is 1.49. The predicted octanol–water partition coefficient (Wildman–Crippen LogP) is 6.11. The van der Waals surface area contributed by atoms with Gasteiger partial charge in [-0.2, -0.15) is 0 Å². The van der Waals surface area contributed by atoms with Gasteiger partial charge in [-0.15, -0.1) is 0 Å². The van der Waals surface area contributed by atoms with Crippen LogP contribution in [0, 0.1) is 0 Å². The maximum atomic E-state index is 12.1. The van der Waals surface area contributed by atoms with Gasteiger partial charge in [0.1, 0.15) is 5.60 Å². The van der Waals surface area contributed by atoms with Crippen LogP contribution in [-0.2, 0) is 10.2 Å². The fourth-order valence-corrected chi connectivity index (χ4v) is 3.41. The molecule has 1 amide bonds. The van der Waals surface area contributed by atoms with Gasteiger partial charge in [0.2, 0.25) is 0 Å². The number of ether oxygens (including phenoxy) is 1. The Balaban J connectivity index is 2.98. The molecule has 0 aliphatic rings. The molecule has 23 heavy (non-hydrogen) atoms. The zero-order valence-electron chi connectivity index (χ0n) is 15.4. The van der Waals surface area contributed by atoms with Gasteiger partial charge in [0.25, 0.3) is 0 Å². The first kappa shape index (κ1) is 20.0. The molecule has 0 saturated heterocycles. The molecule has 0 heterocycles. The molecular formula is C19H30BrNO2. The van der Waals surface area contributed by atoms with Gasteiger partial charge in [0.15, 0.2) is 0 Å². The molecule has 0 aromatic heterocycles. The van der Waals surface area contributed by atoms with E-state index in [1.807, 2.05) is 20.8 Å². The third-order valence-electron chi connectivity index (χ3n) is 3.47. The number of hydrogen-bond donors (Lipinski definition) is 1. The van der Waals surface area contributed by atoms with E-state index in [9.17, 15) is 4.79 Å². The van der Waals surface area contributed by atoms with Gasteiger partial charge in [0, 0.05) is 4.47 Å². The third kappa shape index (κ3) is 6.54. The van der Waals surface area contributed by atoms with Crippen LogP contribution >= 0.6 is 15.9 Å². The van der Waals surface area contributed by atoms with E-state index < -0.39 is 5.60 Å². The van der Waals surface area contributed by atoms with Gasteiger partial charge < -0.3 is 10.1 Å². The first-order valence-corrected chi connectivity index (χ1v) is 9.03. The van der Waals surface area contributed by atoms with Crippen LogP contribution in [0.3, 0.4) is 0 Å². The van der Waals surface area contributed by atoms with Crippen LogP contribution in [0.25, 0.3) is 0 Å². The Morgan fingerprint density at radius 3 is 2.26 bits per heavy atom. The highest BCUT2D eigenvalue weighted by molar-refractivity contribution is 9.10. The summed E-state index contributed by atoms with van der Waals surface area (Å²) in [7, 11) is 0. The number of benzene rings is 1. The summed E-state index contributed by atoms with van der Waals surface area (Å²) in [5.41, 5.74) is 1.94. The van der Waals surface area contributed by atoms with Crippen LogP contribution in [0.2, 0.25) is 0 Å². The van der Waals surface area contributed by atoms with E-state index in [0.29, 0.717) is 0 Å². The molecule has 0 radical (unpaired) electrons. The highest BCUT2D eigenvalue weighted by atomic mass is 79.9. The van der Waals surface area contributed by atoms with Crippen molar-refractivity contribution in [2.75, 3.05) is 0 Å². The van der Waals surface area contributed by atoms with Crippen LogP contribution < -0.4 is 5.32 Å². The summed E-state index contributed by atoms with van der Waals surface area (Å²) >= 11 is 3.67. The fourth-order valence-electron chi connectivity index (χ4n) is 2.42. The van der Waals surface area contributed by atoms with Gasteiger partial charge in [0.05, 0.1) is 6.04 Å². The summed E-state index contributed by atoms with van der Waals surface area (Å²) in [4.78, 5) is 12.1. The highest BCUT2D eigenvalue weighted by Crippen LogP contribution is 2.32. The lowest BCUT2D eigenvalue weighted by atomic mass is 9.86. The van der Waals surface area contributed by atoms with Crippen molar-refractivity contribution in [3.8, 4) is 0 Å². The van der Waals surface area contributed by atoms with E-state index in [0.717, 1.165) is 22.9 Å². The molecule has 130 valence electrons. The van der Waals surface area contributed by atoms with Crippen molar-refractivity contribution in [2.45, 2.75) is 78.4 Å². The summed E-state index contributed by atoms with van der Waals surface area (Å²) in [5.74, 6) is 0. The van der Waals surface area contributed by atoms with E-state index in [1.165, 1.54) is 5.56 Å². The number of alkyl carbamates (subject to hydrolysis) is 1. The Hall–Kier alpha value is -1.03. The molecule has 0 saturated carbocycles. The molecule has 1 aromatic rings. The maximum absolute atomic E-state index is 12.1. The topological polar surface area (TPSA) is 38.3 Å². The number of hydrogen-bond acceptors (Lipinski definition) is 2. The molecule has 1 unspecified atom stereocenters. The van der Waals surface area contributed by atoms with E-state index in [2.05, 4.69) is 67.1 Å². The van der Waals surface area contributed by atoms with Gasteiger partial charge in [-0.3, -0.25) is 0 Å². The smallest absolute Gasteiger partial charge is 0.408 e. The number of carbonyl (C=O) groups is 1. The second-order valence-electron chi connectivity index (χ2n) is 7.98. The first-order chi connectivity index (χ1) is 10.4. The van der Waals surface area contributed by atoms with Crippen molar-refractivity contribution >= 4 is 22.0 Å². The van der Waals surface area contributed by atoms with E-state index in [-0.39, 0.29) is 17.6 Å². The fraction of sp³-hybridized carbons (Fsp3) is 0.632. The average molecular weight is 384 g/mol. The molecule has 3 nitrogen and oxygen atoms in total. The maximum Gasteiger partial charge on any atom is 0.408 e. The molecule has 1 aromatic carbocycles. The van der Waals surface area contributed by atoms with Crippen LogP contribution in [0.1, 0.15) is 78.5 Å². The lowest BCUT2D eigenvalue weighted by Gasteiger charge is -2.25. The number of amides is 1. The van der Waals surface area contributed by atoms with Crippen molar-refractivity contribution in [1.82, 2.24) is 5.32 Å². The zero-order chi connectivity index (χ0) is 17.8. The predicted molar refractivity (Wildman–Crippen MR) is 99.9 cm³/mol. The van der Waals surface area contributed by atoms with Crippen molar-refractivity contribution < 1.29 is 9.53 Å². The Morgan fingerprint density at radius 2 is 1.83 bits per heavy atom. The SMILES string of the molecule is CCCC(NC(=O)OC(C)(C)C)c1ccc(C(C)(C)C)c(Br)c1. The molecule has 0 bridgehead atoms. The summed E-state index contributed by atoms with van der Waals surface area (Å²) < 4.78 is 6.46. The molecule has 1 N–H and O–H groups in total. The zero-order valence-corrected chi connectivity index (χ0v) is 17.0. The minimum absolute atomic E-state index is 0.0415. The number of halogens is 1. The Morgan fingerprint density at radius 1 is 1.22 bits per heavy atom. The molecule has 1 atom stereocenters. The lowest BCUT2D eigenvalue weighted by molar-refractivity contribution is 0.0501. The molecule has 0 aliphatic carbocycles. The van der Waals surface area contributed by atoms with Gasteiger partial charge in [-0.1, -0.05) is 62.2 Å². The second kappa shape index (κ2) is 7.69. The molecule has 4 heteroatoms. The Labute approximate surface area is 149 Å². The monoisotopic (exact) mass is 383 g/mol. The Kier molecular flexibility index (Phi) is 6.70. The van der Waals surface area contributed by atoms with Gasteiger partial charge >= 0.3 is 6.09 Å². The van der Waals surface area contributed by atoms with Crippen molar-refractivity contribution in [1.29, 1.82) is 0 Å². The number of nitrogens with one attached hydrogen (secondary N) is 1. The standard InChI is InChI=1S/C19H30BrNO2/c1-8-9-16(21-17(22)23-19(5,6)7)13-10-11-14(15(20)12-13)18(2,3)4/h10-12,16H,8-9H2,1-7H3,(H,21,22). The molecule has 0 fully saturated rings. The van der Waals surface area contributed by atoms with Crippen LogP contribution in [0.5, 0.6) is 0 Å². The van der Waals surface area contributed by atoms with Gasteiger partial charge in [-0.05, 0) is 49.8 Å². The third-order valence-corrected chi connectivity index (χ3v) is 4.13. The van der Waals surface area contributed by atoms with E-state index in [4.69, 9.17) is 4.74 Å². The number of carbonyl (C=O) groups excluding carboxylic acids is 1. The minimum atomic E-state index is -0.489. The largest absolute Gasteiger partial charge is 0.444 e. The van der Waals surface area contributed by atoms with Crippen LogP contribution in [-0.4, -0.2) is 11.7 Å². The molecule has 0 aliphatic heterocycles. The molecular weight excluding hydrogens is 354 g/mol. The van der Waals surface area contributed by atoms with Crippen molar-refractivity contribution in [3.63, 3.8) is 0 Å². The second-order valence-corrected chi connectivity index (χ2v) is 8.83. The Bertz CT molecular complexity index is 541. The minimum Gasteiger partial charge on any atom is -0.444 e. The quantitative estimate of drug-likeness (QED) is 0.680. The first-order valence-electron chi connectivity index (χ1n) is 8.23. The van der Waals surface area contributed by atoms with Crippen molar-refractivity contribution in [3.05, 3.63) is 33.8 Å². The number of rotatable bonds is 4. The average Bonchev–Trinajstić information content (AvgIpc) is 2.34. The lowest BCUT2D eigenvalue weighted by Crippen LogP contribution is -2.35. The summed E-state index contributed by atoms with van der Waals surface area (Å²) in [6, 6.07) is 6.31. The van der Waals surface area contributed by atoms with E-state index in [1.54, 1.807) is 0 Å². The molecule has 1 rings (SSSR count). The summed E-state index contributed by atoms with van der Waals surface area (Å²) in [5, 5.41) is 2.99. The van der Waals surface area contributed by atoms with Crippen molar-refractivity contribution in [2.24, 2.45) is 0 Å². The van der Waals surface area contributed by atoms with Crippen LogP contribution in [0.4, 0.5) is 4.79 Å². The van der Waals surface area contributed by atoms with E-state index >= 15 is 0 Å². The molecule has 0 spiro atoms. The normalized spacial score (nSPS) is 13.6.